The Morgan fingerprint density at radius 1 is 1.50 bits per heavy atom. The quantitative estimate of drug-likeness (QED) is 0.645. The van der Waals surface area contributed by atoms with Gasteiger partial charge in [-0.15, -0.1) is 0 Å². The number of nitrogens with zero attached hydrogens (tertiary/aromatic N) is 4. The number of likely N-dealkylation sites (N-methyl/N-ethyl adjacent to an activating group) is 1. The molecule has 0 aliphatic carbocycles. The van der Waals surface area contributed by atoms with E-state index in [1.54, 1.807) is 12.1 Å². The first-order chi connectivity index (χ1) is 9.47. The lowest BCUT2D eigenvalue weighted by atomic mass is 10.2. The predicted octanol–water partition coefficient (Wildman–Crippen LogP) is 1.21. The van der Waals surface area contributed by atoms with Crippen LogP contribution in [0.1, 0.15) is 11.9 Å². The SMILES string of the molecule is CN(C)CC(N)c1noc(-c2cccc([N+](=O)[O-])c2)n1. The molecular formula is C12H15N5O3. The van der Waals surface area contributed by atoms with Gasteiger partial charge in [-0.1, -0.05) is 11.2 Å². The fourth-order valence-corrected chi connectivity index (χ4v) is 1.73. The molecule has 20 heavy (non-hydrogen) atoms. The van der Waals surface area contributed by atoms with Crippen LogP contribution in [0.25, 0.3) is 11.5 Å². The van der Waals surface area contributed by atoms with Crippen LogP contribution in [0.3, 0.4) is 0 Å². The average Bonchev–Trinajstić information content (AvgIpc) is 2.87. The number of non-ortho nitro benzene ring substituents is 1. The minimum absolute atomic E-state index is 0.0279. The number of hydrogen-bond acceptors (Lipinski definition) is 7. The van der Waals surface area contributed by atoms with E-state index >= 15 is 0 Å². The van der Waals surface area contributed by atoms with Crippen molar-refractivity contribution in [3.05, 3.63) is 40.2 Å². The Morgan fingerprint density at radius 3 is 2.90 bits per heavy atom. The van der Waals surface area contributed by atoms with Crippen LogP contribution >= 0.6 is 0 Å². The molecule has 0 amide bonds. The van der Waals surface area contributed by atoms with Crippen molar-refractivity contribution in [1.29, 1.82) is 0 Å². The zero-order chi connectivity index (χ0) is 14.7. The minimum atomic E-state index is -0.474. The van der Waals surface area contributed by atoms with Crippen LogP contribution < -0.4 is 5.73 Å². The van der Waals surface area contributed by atoms with Gasteiger partial charge >= 0.3 is 0 Å². The topological polar surface area (TPSA) is 111 Å². The summed E-state index contributed by atoms with van der Waals surface area (Å²) in [7, 11) is 3.78. The maximum atomic E-state index is 10.7. The molecule has 8 heteroatoms. The van der Waals surface area contributed by atoms with E-state index in [9.17, 15) is 10.1 Å². The minimum Gasteiger partial charge on any atom is -0.334 e. The Labute approximate surface area is 115 Å². The van der Waals surface area contributed by atoms with E-state index in [2.05, 4.69) is 10.1 Å². The summed E-state index contributed by atoms with van der Waals surface area (Å²) in [6.07, 6.45) is 0. The molecule has 0 aliphatic rings. The van der Waals surface area contributed by atoms with E-state index in [1.165, 1.54) is 12.1 Å². The Balaban J connectivity index is 2.24. The summed E-state index contributed by atoms with van der Waals surface area (Å²) in [5.74, 6) is 0.595. The van der Waals surface area contributed by atoms with Crippen molar-refractivity contribution in [3.63, 3.8) is 0 Å². The summed E-state index contributed by atoms with van der Waals surface area (Å²) in [5.41, 5.74) is 6.40. The monoisotopic (exact) mass is 277 g/mol. The number of aromatic nitrogens is 2. The molecule has 2 rings (SSSR count). The predicted molar refractivity (Wildman–Crippen MR) is 71.9 cm³/mol. The number of hydrogen-bond donors (Lipinski definition) is 1. The lowest BCUT2D eigenvalue weighted by Gasteiger charge is -2.12. The lowest BCUT2D eigenvalue weighted by Crippen LogP contribution is -2.26. The summed E-state index contributed by atoms with van der Waals surface area (Å²) in [4.78, 5) is 16.4. The van der Waals surface area contributed by atoms with Gasteiger partial charge in [-0.2, -0.15) is 4.98 Å². The van der Waals surface area contributed by atoms with Gasteiger partial charge in [0.25, 0.3) is 11.6 Å². The summed E-state index contributed by atoms with van der Waals surface area (Å²) >= 11 is 0. The molecule has 1 aromatic carbocycles. The molecule has 1 unspecified atom stereocenters. The van der Waals surface area contributed by atoms with Crippen molar-refractivity contribution in [2.75, 3.05) is 20.6 Å². The molecule has 0 bridgehead atoms. The van der Waals surface area contributed by atoms with Crippen LogP contribution in [0.2, 0.25) is 0 Å². The highest BCUT2D eigenvalue weighted by Gasteiger charge is 2.17. The molecule has 1 aromatic heterocycles. The number of nitro groups is 1. The van der Waals surface area contributed by atoms with Gasteiger partial charge in [0.15, 0.2) is 5.82 Å². The van der Waals surface area contributed by atoms with E-state index in [4.69, 9.17) is 10.3 Å². The van der Waals surface area contributed by atoms with Crippen molar-refractivity contribution >= 4 is 5.69 Å². The zero-order valence-electron chi connectivity index (χ0n) is 11.2. The largest absolute Gasteiger partial charge is 0.334 e. The van der Waals surface area contributed by atoms with Crippen molar-refractivity contribution in [3.8, 4) is 11.5 Å². The summed E-state index contributed by atoms with van der Waals surface area (Å²) in [6.45, 7) is 0.577. The summed E-state index contributed by atoms with van der Waals surface area (Å²) in [6, 6.07) is 5.65. The Kier molecular flexibility index (Phi) is 4.06. The standard InChI is InChI=1S/C12H15N5O3/c1-16(2)7-10(13)11-14-12(20-15-11)8-4-3-5-9(6-8)17(18)19/h3-6,10H,7,13H2,1-2H3. The molecule has 2 N–H and O–H groups in total. The Bertz CT molecular complexity index is 611. The van der Waals surface area contributed by atoms with Crippen LogP contribution in [0.4, 0.5) is 5.69 Å². The Morgan fingerprint density at radius 2 is 2.25 bits per heavy atom. The second kappa shape index (κ2) is 5.76. The first-order valence-electron chi connectivity index (χ1n) is 5.96. The molecule has 2 aromatic rings. The number of rotatable bonds is 5. The van der Waals surface area contributed by atoms with Crippen LogP contribution in [-0.4, -0.2) is 40.6 Å². The zero-order valence-corrected chi connectivity index (χ0v) is 11.2. The number of nitro benzene ring substituents is 1. The third-order valence-electron chi connectivity index (χ3n) is 2.64. The molecule has 8 nitrogen and oxygen atoms in total. The highest BCUT2D eigenvalue weighted by molar-refractivity contribution is 5.57. The maximum absolute atomic E-state index is 10.7. The number of benzene rings is 1. The smallest absolute Gasteiger partial charge is 0.270 e. The van der Waals surface area contributed by atoms with Crippen LogP contribution in [0, 0.1) is 10.1 Å². The van der Waals surface area contributed by atoms with Gasteiger partial charge in [0, 0.05) is 24.2 Å². The van der Waals surface area contributed by atoms with Gasteiger partial charge in [0.1, 0.15) is 0 Å². The van der Waals surface area contributed by atoms with Crippen molar-refractivity contribution in [2.24, 2.45) is 5.73 Å². The molecule has 0 spiro atoms. The molecule has 106 valence electrons. The highest BCUT2D eigenvalue weighted by atomic mass is 16.6. The second-order valence-electron chi connectivity index (χ2n) is 4.63. The number of nitrogens with two attached hydrogens (primary N) is 1. The van der Waals surface area contributed by atoms with Gasteiger partial charge in [0.05, 0.1) is 11.0 Å². The lowest BCUT2D eigenvalue weighted by molar-refractivity contribution is -0.384. The molecule has 1 heterocycles. The first kappa shape index (κ1) is 14.1. The molecule has 0 aliphatic heterocycles. The van der Waals surface area contributed by atoms with E-state index in [0.717, 1.165) is 0 Å². The van der Waals surface area contributed by atoms with Gasteiger partial charge in [-0.25, -0.2) is 0 Å². The van der Waals surface area contributed by atoms with E-state index in [0.29, 0.717) is 17.9 Å². The molecular weight excluding hydrogens is 262 g/mol. The van der Waals surface area contributed by atoms with Crippen molar-refractivity contribution in [1.82, 2.24) is 15.0 Å². The van der Waals surface area contributed by atoms with Crippen molar-refractivity contribution < 1.29 is 9.45 Å². The molecule has 0 saturated heterocycles. The van der Waals surface area contributed by atoms with Gasteiger partial charge < -0.3 is 15.2 Å². The fraction of sp³-hybridized carbons (Fsp3) is 0.333. The van der Waals surface area contributed by atoms with Gasteiger partial charge in [-0.3, -0.25) is 10.1 Å². The van der Waals surface area contributed by atoms with Gasteiger partial charge in [-0.05, 0) is 20.2 Å². The molecule has 0 radical (unpaired) electrons. The summed E-state index contributed by atoms with van der Waals surface area (Å²) < 4.78 is 5.11. The fourth-order valence-electron chi connectivity index (χ4n) is 1.73. The third kappa shape index (κ3) is 3.16. The second-order valence-corrected chi connectivity index (χ2v) is 4.63. The van der Waals surface area contributed by atoms with Crippen LogP contribution in [0.15, 0.2) is 28.8 Å². The maximum Gasteiger partial charge on any atom is 0.270 e. The average molecular weight is 277 g/mol. The first-order valence-corrected chi connectivity index (χ1v) is 5.96. The molecule has 0 saturated carbocycles. The Hall–Kier alpha value is -2.32. The van der Waals surface area contributed by atoms with Crippen LogP contribution in [-0.2, 0) is 0 Å². The van der Waals surface area contributed by atoms with E-state index in [1.807, 2.05) is 19.0 Å². The van der Waals surface area contributed by atoms with Crippen molar-refractivity contribution in [2.45, 2.75) is 6.04 Å². The molecule has 1 atom stereocenters. The normalized spacial score (nSPS) is 12.6. The van der Waals surface area contributed by atoms with Gasteiger partial charge in [0.2, 0.25) is 0 Å². The summed E-state index contributed by atoms with van der Waals surface area (Å²) in [5, 5.41) is 14.5. The third-order valence-corrected chi connectivity index (χ3v) is 2.64. The molecule has 0 fully saturated rings. The van der Waals surface area contributed by atoms with Crippen LogP contribution in [0.5, 0.6) is 0 Å². The van der Waals surface area contributed by atoms with E-state index < -0.39 is 4.92 Å². The van der Waals surface area contributed by atoms with E-state index in [-0.39, 0.29) is 17.6 Å². The highest BCUT2D eigenvalue weighted by Crippen LogP contribution is 2.23.